The zero-order valence-electron chi connectivity index (χ0n) is 18.9. The minimum atomic E-state index is -5.13. The fraction of sp³-hybridized carbons (Fsp3) is 0.200. The maximum atomic E-state index is 13.9. The number of benzene rings is 3. The molecule has 2 heterocycles. The second-order valence-electron chi connectivity index (χ2n) is 8.49. The molecule has 0 spiro atoms. The number of halogens is 4. The summed E-state index contributed by atoms with van der Waals surface area (Å²) in [4.78, 5) is 26.4. The number of carbonyl (C=O) groups is 2. The Morgan fingerprint density at radius 1 is 0.946 bits per heavy atom. The largest absolute Gasteiger partial charge is 0.573 e. The van der Waals surface area contributed by atoms with E-state index in [-0.39, 0.29) is 28.7 Å². The maximum absolute atomic E-state index is 13.9. The second kappa shape index (κ2) is 9.26. The van der Waals surface area contributed by atoms with E-state index in [0.717, 1.165) is 26.9 Å². The van der Waals surface area contributed by atoms with Gasteiger partial charge in [-0.25, -0.2) is 8.42 Å². The lowest BCUT2D eigenvalue weighted by Crippen LogP contribution is -2.46. The fourth-order valence-electron chi connectivity index (χ4n) is 4.71. The van der Waals surface area contributed by atoms with Crippen molar-refractivity contribution in [3.05, 3.63) is 93.5 Å². The first-order valence-corrected chi connectivity index (χ1v) is 13.3. The molecule has 3 aromatic carbocycles. The monoisotopic (exact) mass is 594 g/mol. The SMILES string of the molecule is O=C1c2ccccc2C(=O)N1CC1c2ccccc2CCN1S(=O)(=O)c1ccc(Br)cc1OC(F)(F)F. The Kier molecular flexibility index (Phi) is 6.37. The molecule has 2 aliphatic rings. The van der Waals surface area contributed by atoms with Gasteiger partial charge in [0.25, 0.3) is 11.8 Å². The lowest BCUT2D eigenvalue weighted by Gasteiger charge is -2.38. The molecule has 37 heavy (non-hydrogen) atoms. The number of nitrogens with zero attached hydrogens (tertiary/aromatic N) is 2. The van der Waals surface area contributed by atoms with Gasteiger partial charge in [-0.3, -0.25) is 14.5 Å². The van der Waals surface area contributed by atoms with E-state index in [0.29, 0.717) is 12.0 Å². The standard InChI is InChI=1S/C25H18BrF3N2O5S/c26-16-9-10-22(21(13-16)36-25(27,28)29)37(34,35)31-12-11-15-5-1-2-6-17(15)20(31)14-30-23(32)18-7-3-4-8-19(18)24(30)33/h1-10,13,20H,11-12,14H2. The van der Waals surface area contributed by atoms with Crippen LogP contribution in [0.3, 0.4) is 0 Å². The lowest BCUT2D eigenvalue weighted by molar-refractivity contribution is -0.275. The van der Waals surface area contributed by atoms with Gasteiger partial charge in [-0.15, -0.1) is 13.2 Å². The summed E-state index contributed by atoms with van der Waals surface area (Å²) in [5.41, 5.74) is 1.79. The Labute approximate surface area is 218 Å². The minimum Gasteiger partial charge on any atom is -0.404 e. The van der Waals surface area contributed by atoms with E-state index in [1.165, 1.54) is 18.2 Å². The van der Waals surface area contributed by atoms with Crippen molar-refractivity contribution in [1.29, 1.82) is 0 Å². The highest BCUT2D eigenvalue weighted by Gasteiger charge is 2.44. The molecule has 0 saturated heterocycles. The maximum Gasteiger partial charge on any atom is 0.573 e. The number of amides is 2. The van der Waals surface area contributed by atoms with Crippen LogP contribution in [0, 0.1) is 0 Å². The van der Waals surface area contributed by atoms with Crippen molar-refractivity contribution in [3.63, 3.8) is 0 Å². The van der Waals surface area contributed by atoms with Crippen molar-refractivity contribution in [2.45, 2.75) is 23.7 Å². The van der Waals surface area contributed by atoms with Crippen LogP contribution in [0.25, 0.3) is 0 Å². The van der Waals surface area contributed by atoms with E-state index in [4.69, 9.17) is 0 Å². The number of ether oxygens (including phenoxy) is 1. The molecule has 5 rings (SSSR count). The van der Waals surface area contributed by atoms with Crippen molar-refractivity contribution in [2.24, 2.45) is 0 Å². The quantitative estimate of drug-likeness (QED) is 0.391. The van der Waals surface area contributed by atoms with E-state index < -0.39 is 44.9 Å². The predicted octanol–water partition coefficient (Wildman–Crippen LogP) is 4.93. The molecule has 12 heteroatoms. The zero-order chi connectivity index (χ0) is 26.5. The van der Waals surface area contributed by atoms with Gasteiger partial charge in [0.05, 0.1) is 23.7 Å². The summed E-state index contributed by atoms with van der Waals surface area (Å²) in [6.07, 6.45) is -4.83. The third kappa shape index (κ3) is 4.64. The lowest BCUT2D eigenvalue weighted by atomic mass is 9.94. The summed E-state index contributed by atoms with van der Waals surface area (Å²) in [7, 11) is -4.58. The number of hydrogen-bond acceptors (Lipinski definition) is 5. The third-order valence-electron chi connectivity index (χ3n) is 6.32. The van der Waals surface area contributed by atoms with Crippen molar-refractivity contribution in [2.75, 3.05) is 13.1 Å². The molecule has 0 aromatic heterocycles. The molecular formula is C25H18BrF3N2O5S. The molecule has 0 N–H and O–H groups in total. The average molecular weight is 595 g/mol. The van der Waals surface area contributed by atoms with E-state index >= 15 is 0 Å². The van der Waals surface area contributed by atoms with Crippen molar-refractivity contribution < 1.29 is 35.9 Å². The smallest absolute Gasteiger partial charge is 0.404 e. The Hall–Kier alpha value is -3.22. The zero-order valence-corrected chi connectivity index (χ0v) is 21.3. The second-order valence-corrected chi connectivity index (χ2v) is 11.3. The molecule has 0 fully saturated rings. The number of alkyl halides is 3. The van der Waals surface area contributed by atoms with Gasteiger partial charge in [0, 0.05) is 11.0 Å². The number of hydrogen-bond donors (Lipinski definition) is 0. The Balaban J connectivity index is 1.58. The Morgan fingerprint density at radius 3 is 2.22 bits per heavy atom. The summed E-state index contributed by atoms with van der Waals surface area (Å²) < 4.78 is 72.3. The summed E-state index contributed by atoms with van der Waals surface area (Å²) in [5, 5.41) is 0. The van der Waals surface area contributed by atoms with Crippen LogP contribution in [0.1, 0.15) is 37.9 Å². The van der Waals surface area contributed by atoms with E-state index in [2.05, 4.69) is 20.7 Å². The number of rotatable bonds is 5. The molecule has 1 atom stereocenters. The van der Waals surface area contributed by atoms with Crippen LogP contribution in [0.4, 0.5) is 13.2 Å². The molecule has 2 amide bonds. The topological polar surface area (TPSA) is 84.0 Å². The van der Waals surface area contributed by atoms with Gasteiger partial charge in [0.2, 0.25) is 10.0 Å². The Morgan fingerprint density at radius 2 is 1.57 bits per heavy atom. The summed E-state index contributed by atoms with van der Waals surface area (Å²) in [6.45, 7) is -0.386. The average Bonchev–Trinajstić information content (AvgIpc) is 3.08. The van der Waals surface area contributed by atoms with Crippen LogP contribution in [-0.2, 0) is 16.4 Å². The summed E-state index contributed by atoms with van der Waals surface area (Å²) >= 11 is 3.05. The molecule has 3 aromatic rings. The van der Waals surface area contributed by atoms with Gasteiger partial charge < -0.3 is 4.74 Å². The first-order valence-electron chi connectivity index (χ1n) is 11.1. The first kappa shape index (κ1) is 25.4. The highest BCUT2D eigenvalue weighted by atomic mass is 79.9. The van der Waals surface area contributed by atoms with Gasteiger partial charge >= 0.3 is 6.36 Å². The third-order valence-corrected chi connectivity index (χ3v) is 8.76. The van der Waals surface area contributed by atoms with Crippen LogP contribution in [-0.4, -0.2) is 48.9 Å². The van der Waals surface area contributed by atoms with Gasteiger partial charge in [-0.05, 0) is 47.9 Å². The highest BCUT2D eigenvalue weighted by molar-refractivity contribution is 9.10. The van der Waals surface area contributed by atoms with Gasteiger partial charge in [-0.2, -0.15) is 4.31 Å². The minimum absolute atomic E-state index is 0.0747. The Bertz CT molecular complexity index is 1490. The molecular weight excluding hydrogens is 577 g/mol. The number of imide groups is 1. The van der Waals surface area contributed by atoms with E-state index in [1.807, 2.05) is 6.07 Å². The normalized spacial score (nSPS) is 18.1. The highest BCUT2D eigenvalue weighted by Crippen LogP contribution is 2.40. The van der Waals surface area contributed by atoms with Crippen LogP contribution < -0.4 is 4.74 Å². The van der Waals surface area contributed by atoms with Crippen molar-refractivity contribution >= 4 is 37.8 Å². The molecule has 0 saturated carbocycles. The van der Waals surface area contributed by atoms with Gasteiger partial charge in [-0.1, -0.05) is 52.3 Å². The van der Waals surface area contributed by atoms with E-state index in [1.54, 1.807) is 30.3 Å². The van der Waals surface area contributed by atoms with Crippen molar-refractivity contribution in [1.82, 2.24) is 9.21 Å². The number of carbonyl (C=O) groups excluding carboxylic acids is 2. The van der Waals surface area contributed by atoms with Crippen LogP contribution in [0.15, 0.2) is 76.1 Å². The fourth-order valence-corrected chi connectivity index (χ4v) is 6.74. The predicted molar refractivity (Wildman–Crippen MR) is 129 cm³/mol. The number of sulfonamides is 1. The molecule has 1 unspecified atom stereocenters. The van der Waals surface area contributed by atoms with Crippen molar-refractivity contribution in [3.8, 4) is 5.75 Å². The van der Waals surface area contributed by atoms with Crippen LogP contribution in [0.2, 0.25) is 0 Å². The van der Waals surface area contributed by atoms with Gasteiger partial charge in [0.1, 0.15) is 4.90 Å². The van der Waals surface area contributed by atoms with Gasteiger partial charge in [0.15, 0.2) is 5.75 Å². The molecule has 0 aliphatic carbocycles. The molecule has 2 aliphatic heterocycles. The molecule has 7 nitrogen and oxygen atoms in total. The molecule has 0 bridgehead atoms. The molecule has 192 valence electrons. The molecule has 0 radical (unpaired) electrons. The summed E-state index contributed by atoms with van der Waals surface area (Å²) in [5.74, 6) is -2.02. The van der Waals surface area contributed by atoms with E-state index in [9.17, 15) is 31.2 Å². The van der Waals surface area contributed by atoms with Crippen LogP contribution in [0.5, 0.6) is 5.75 Å². The number of fused-ring (bicyclic) bond motifs is 2. The van der Waals surface area contributed by atoms with Crippen LogP contribution >= 0.6 is 15.9 Å². The first-order chi connectivity index (χ1) is 17.5. The summed E-state index contributed by atoms with van der Waals surface area (Å²) in [6, 6.07) is 15.5.